The van der Waals surface area contributed by atoms with Crippen LogP contribution in [0.15, 0.2) is 92.6 Å². The highest BCUT2D eigenvalue weighted by Gasteiger charge is 2.23. The summed E-state index contributed by atoms with van der Waals surface area (Å²) in [6.45, 7) is 11.0. The van der Waals surface area contributed by atoms with Gasteiger partial charge in [0, 0.05) is 88.7 Å². The highest BCUT2D eigenvalue weighted by atomic mass is 127. The summed E-state index contributed by atoms with van der Waals surface area (Å²) in [5.41, 5.74) is 10.4. The molecule has 0 spiro atoms. The zero-order valence-electron chi connectivity index (χ0n) is 26.3. The summed E-state index contributed by atoms with van der Waals surface area (Å²) < 4.78 is 4.94. The average Bonchev–Trinajstić information content (AvgIpc) is 3.44. The molecule has 2 aliphatic heterocycles. The fourth-order valence-electron chi connectivity index (χ4n) is 6.11. The summed E-state index contributed by atoms with van der Waals surface area (Å²) in [4.78, 5) is 7.24. The van der Waals surface area contributed by atoms with Crippen LogP contribution in [0.1, 0.15) is 46.7 Å². The second kappa shape index (κ2) is 15.0. The van der Waals surface area contributed by atoms with E-state index in [9.17, 15) is 0 Å². The predicted octanol–water partition coefficient (Wildman–Crippen LogP) is 2.06. The Labute approximate surface area is 305 Å². The van der Waals surface area contributed by atoms with Gasteiger partial charge in [0.1, 0.15) is 13.1 Å². The van der Waals surface area contributed by atoms with E-state index in [-0.39, 0.29) is 48.0 Å². The summed E-state index contributed by atoms with van der Waals surface area (Å²) in [6.07, 6.45) is 6.94. The molecule has 0 amide bonds. The second-order valence-electron chi connectivity index (χ2n) is 11.4. The van der Waals surface area contributed by atoms with E-state index in [1.54, 1.807) is 0 Å². The third-order valence-electron chi connectivity index (χ3n) is 8.34. The minimum atomic E-state index is 0. The van der Waals surface area contributed by atoms with Crippen LogP contribution in [0.4, 0.5) is 11.4 Å². The van der Waals surface area contributed by atoms with E-state index in [0.717, 1.165) is 25.9 Å². The van der Waals surface area contributed by atoms with E-state index in [1.165, 1.54) is 65.1 Å². The van der Waals surface area contributed by atoms with Crippen molar-refractivity contribution in [2.45, 2.75) is 63.4 Å². The maximum absolute atomic E-state index is 2.47. The maximum atomic E-state index is 2.47. The number of para-hydroxylation sites is 2. The molecule has 2 aliphatic rings. The second-order valence-corrected chi connectivity index (χ2v) is 13.5. The molecule has 4 aromatic rings. The SMILES string of the molecule is Cc1cc(/C=C2\Sc3ccccc3N2C)cc(C)[n+]1CCCC[n+]1c(C)cc(/C=C2\Sc3ccccc3N2C)cc1C.[I-].[I-]. The topological polar surface area (TPSA) is 14.2 Å². The van der Waals surface area contributed by atoms with Crippen molar-refractivity contribution in [3.05, 3.63) is 117 Å². The standard InChI is InChI=1S/C36H40N4S2.2HI/c1-25-19-29(23-35-37(5)31-13-7-9-15-33(31)41-35)20-26(2)39(25)17-11-12-18-40-27(3)21-30(22-28(40)4)24-36-38(6)32-14-8-10-16-34(32)42-36;;/h7-10,13-16,19-24H,11-12,17-18H2,1-6H3;2*1H/q+2;;/p-2. The fourth-order valence-corrected chi connectivity index (χ4v) is 8.33. The number of unbranched alkanes of at least 4 members (excludes halogenated alkanes) is 1. The minimum absolute atomic E-state index is 0. The number of rotatable bonds is 7. The van der Waals surface area contributed by atoms with Crippen LogP contribution >= 0.6 is 23.5 Å². The lowest BCUT2D eigenvalue weighted by molar-refractivity contribution is -0.719. The van der Waals surface area contributed by atoms with Gasteiger partial charge in [-0.25, -0.2) is 9.13 Å². The molecule has 4 nitrogen and oxygen atoms in total. The van der Waals surface area contributed by atoms with Crippen molar-refractivity contribution in [3.8, 4) is 0 Å². The fraction of sp³-hybridized carbons (Fsp3) is 0.278. The van der Waals surface area contributed by atoms with Crippen molar-refractivity contribution < 1.29 is 57.1 Å². The van der Waals surface area contributed by atoms with Crippen molar-refractivity contribution in [1.82, 2.24) is 0 Å². The number of pyridine rings is 2. The molecule has 8 heteroatoms. The molecule has 0 atom stereocenters. The zero-order valence-corrected chi connectivity index (χ0v) is 32.2. The van der Waals surface area contributed by atoms with Crippen molar-refractivity contribution in [1.29, 1.82) is 0 Å². The zero-order chi connectivity index (χ0) is 29.4. The van der Waals surface area contributed by atoms with Gasteiger partial charge in [0.15, 0.2) is 22.8 Å². The summed E-state index contributed by atoms with van der Waals surface area (Å²) >= 11 is 3.70. The molecule has 0 bridgehead atoms. The highest BCUT2D eigenvalue weighted by molar-refractivity contribution is 8.04. The van der Waals surface area contributed by atoms with Gasteiger partial charge in [-0.05, 0) is 47.5 Å². The van der Waals surface area contributed by atoms with E-state index in [0.29, 0.717) is 0 Å². The molecule has 0 aliphatic carbocycles. The van der Waals surface area contributed by atoms with Gasteiger partial charge in [0.2, 0.25) is 0 Å². The Kier molecular flexibility index (Phi) is 11.9. The third kappa shape index (κ3) is 7.34. The average molecular weight is 847 g/mol. The van der Waals surface area contributed by atoms with E-state index < -0.39 is 0 Å². The van der Waals surface area contributed by atoms with Crippen LogP contribution < -0.4 is 66.9 Å². The van der Waals surface area contributed by atoms with E-state index in [1.807, 2.05) is 23.5 Å². The van der Waals surface area contributed by atoms with Gasteiger partial charge in [-0.1, -0.05) is 47.8 Å². The number of anilines is 2. The van der Waals surface area contributed by atoms with Gasteiger partial charge in [-0.15, -0.1) is 0 Å². The van der Waals surface area contributed by atoms with Crippen LogP contribution in [0.5, 0.6) is 0 Å². The number of hydrogen-bond donors (Lipinski definition) is 0. The first-order valence-corrected chi connectivity index (χ1v) is 16.4. The molecule has 44 heavy (non-hydrogen) atoms. The van der Waals surface area contributed by atoms with Gasteiger partial charge in [-0.2, -0.15) is 0 Å². The highest BCUT2D eigenvalue weighted by Crippen LogP contribution is 2.46. The maximum Gasteiger partial charge on any atom is 0.179 e. The summed E-state index contributed by atoms with van der Waals surface area (Å²) in [5, 5.41) is 2.55. The molecule has 2 aromatic carbocycles. The van der Waals surface area contributed by atoms with E-state index in [4.69, 9.17) is 0 Å². The first kappa shape index (κ1) is 34.8. The van der Waals surface area contributed by atoms with Crippen molar-refractivity contribution in [3.63, 3.8) is 0 Å². The van der Waals surface area contributed by atoms with Crippen molar-refractivity contribution in [2.75, 3.05) is 23.9 Å². The van der Waals surface area contributed by atoms with E-state index >= 15 is 0 Å². The Morgan fingerprint density at radius 2 is 0.909 bits per heavy atom. The smallest absolute Gasteiger partial charge is 0.179 e. The number of thioether (sulfide) groups is 2. The molecule has 0 saturated carbocycles. The summed E-state index contributed by atoms with van der Waals surface area (Å²) in [7, 11) is 4.32. The largest absolute Gasteiger partial charge is 1.00 e. The van der Waals surface area contributed by atoms with Gasteiger partial charge in [-0.3, -0.25) is 0 Å². The van der Waals surface area contributed by atoms with E-state index in [2.05, 4.69) is 146 Å². The van der Waals surface area contributed by atoms with Crippen LogP contribution in [-0.4, -0.2) is 14.1 Å². The molecule has 230 valence electrons. The predicted molar refractivity (Wildman–Crippen MR) is 179 cm³/mol. The number of hydrogen-bond acceptors (Lipinski definition) is 4. The molecule has 6 rings (SSSR count). The molecule has 0 unspecified atom stereocenters. The van der Waals surface area contributed by atoms with Crippen LogP contribution in [0.25, 0.3) is 12.2 Å². The molecule has 0 saturated heterocycles. The molecule has 2 aromatic heterocycles. The number of nitrogens with zero attached hydrogens (tertiary/aromatic N) is 4. The van der Waals surface area contributed by atoms with Gasteiger partial charge in [0.05, 0.1) is 21.4 Å². The molecule has 4 heterocycles. The van der Waals surface area contributed by atoms with Gasteiger partial charge < -0.3 is 57.8 Å². The molecule has 0 N–H and O–H groups in total. The number of aromatic nitrogens is 2. The van der Waals surface area contributed by atoms with Crippen LogP contribution in [0, 0.1) is 27.7 Å². The summed E-state index contributed by atoms with van der Waals surface area (Å²) in [6, 6.07) is 26.6. The number of benzene rings is 2. The Bertz CT molecular complexity index is 1560. The first-order chi connectivity index (χ1) is 20.3. The summed E-state index contributed by atoms with van der Waals surface area (Å²) in [5.74, 6) is 0. The lowest BCUT2D eigenvalue weighted by Crippen LogP contribution is -3.00. The van der Waals surface area contributed by atoms with Crippen LogP contribution in [-0.2, 0) is 13.1 Å². The lowest BCUT2D eigenvalue weighted by Gasteiger charge is -2.13. The minimum Gasteiger partial charge on any atom is -1.00 e. The monoisotopic (exact) mass is 846 g/mol. The molecular weight excluding hydrogens is 806 g/mol. The Morgan fingerprint density at radius 3 is 1.25 bits per heavy atom. The van der Waals surface area contributed by atoms with Crippen LogP contribution in [0.2, 0.25) is 0 Å². The van der Waals surface area contributed by atoms with Gasteiger partial charge >= 0.3 is 0 Å². The first-order valence-electron chi connectivity index (χ1n) is 14.8. The molecular formula is C36H40I2N4S2. The Balaban J connectivity index is 0.00000221. The molecule has 0 radical (unpaired) electrons. The Hall–Kier alpha value is -2.02. The quantitative estimate of drug-likeness (QED) is 0.161. The van der Waals surface area contributed by atoms with Crippen molar-refractivity contribution >= 4 is 47.1 Å². The third-order valence-corrected chi connectivity index (χ3v) is 10.7. The number of aryl methyl sites for hydroxylation is 4. The molecule has 0 fully saturated rings. The van der Waals surface area contributed by atoms with Gasteiger partial charge in [0.25, 0.3) is 0 Å². The normalized spacial score (nSPS) is 15.3. The number of halogens is 2. The lowest BCUT2D eigenvalue weighted by atomic mass is 10.1. The van der Waals surface area contributed by atoms with Crippen LogP contribution in [0.3, 0.4) is 0 Å². The Morgan fingerprint density at radius 1 is 0.568 bits per heavy atom. The van der Waals surface area contributed by atoms with Crippen molar-refractivity contribution in [2.24, 2.45) is 0 Å². The number of fused-ring (bicyclic) bond motifs is 2.